The summed E-state index contributed by atoms with van der Waals surface area (Å²) in [4.78, 5) is 0. The van der Waals surface area contributed by atoms with E-state index in [2.05, 4.69) is 57.3 Å². The molecular formula is C12H19N. The molecule has 0 bridgehead atoms. The third-order valence-corrected chi connectivity index (χ3v) is 2.41. The standard InChI is InChI=1S/C12H19N/c1-9(2)11(4)13-12-7-5-6-10(3)8-12/h5-9,11,13H,1-4H3. The zero-order chi connectivity index (χ0) is 9.84. The Morgan fingerprint density at radius 3 is 2.38 bits per heavy atom. The molecule has 1 atom stereocenters. The maximum atomic E-state index is 3.48. The van der Waals surface area contributed by atoms with Crippen LogP contribution in [-0.4, -0.2) is 6.04 Å². The normalized spacial score (nSPS) is 13.0. The van der Waals surface area contributed by atoms with E-state index in [0.29, 0.717) is 12.0 Å². The first-order chi connectivity index (χ1) is 6.09. The van der Waals surface area contributed by atoms with Crippen LogP contribution < -0.4 is 5.32 Å². The van der Waals surface area contributed by atoms with Crippen molar-refractivity contribution in [1.29, 1.82) is 0 Å². The van der Waals surface area contributed by atoms with Gasteiger partial charge < -0.3 is 5.32 Å². The number of nitrogens with one attached hydrogen (secondary N) is 1. The second kappa shape index (κ2) is 4.31. The Kier molecular flexibility index (Phi) is 3.35. The fourth-order valence-electron chi connectivity index (χ4n) is 1.16. The van der Waals surface area contributed by atoms with E-state index in [-0.39, 0.29) is 0 Å². The van der Waals surface area contributed by atoms with Crippen molar-refractivity contribution in [3.63, 3.8) is 0 Å². The predicted octanol–water partition coefficient (Wildman–Crippen LogP) is 3.45. The second-order valence-electron chi connectivity index (χ2n) is 4.05. The zero-order valence-corrected chi connectivity index (χ0v) is 8.96. The van der Waals surface area contributed by atoms with Crippen molar-refractivity contribution >= 4 is 5.69 Å². The highest BCUT2D eigenvalue weighted by molar-refractivity contribution is 5.46. The van der Waals surface area contributed by atoms with Crippen LogP contribution in [0.15, 0.2) is 24.3 Å². The molecule has 1 heteroatoms. The summed E-state index contributed by atoms with van der Waals surface area (Å²) in [7, 11) is 0. The van der Waals surface area contributed by atoms with Gasteiger partial charge in [-0.1, -0.05) is 26.0 Å². The van der Waals surface area contributed by atoms with Crippen molar-refractivity contribution in [2.75, 3.05) is 5.32 Å². The van der Waals surface area contributed by atoms with Gasteiger partial charge in [0.1, 0.15) is 0 Å². The van der Waals surface area contributed by atoms with Gasteiger partial charge in [-0.05, 0) is 37.5 Å². The molecule has 1 rings (SSSR count). The third-order valence-electron chi connectivity index (χ3n) is 2.41. The second-order valence-corrected chi connectivity index (χ2v) is 4.05. The molecular weight excluding hydrogens is 158 g/mol. The monoisotopic (exact) mass is 177 g/mol. The molecule has 13 heavy (non-hydrogen) atoms. The Bertz CT molecular complexity index is 266. The van der Waals surface area contributed by atoms with E-state index in [1.165, 1.54) is 11.3 Å². The van der Waals surface area contributed by atoms with Crippen LogP contribution in [0.5, 0.6) is 0 Å². The van der Waals surface area contributed by atoms with Gasteiger partial charge in [-0.2, -0.15) is 0 Å². The van der Waals surface area contributed by atoms with Gasteiger partial charge in [-0.3, -0.25) is 0 Å². The predicted molar refractivity (Wildman–Crippen MR) is 59.1 cm³/mol. The first kappa shape index (κ1) is 10.1. The van der Waals surface area contributed by atoms with Gasteiger partial charge in [-0.15, -0.1) is 0 Å². The minimum atomic E-state index is 0.529. The van der Waals surface area contributed by atoms with E-state index in [1.807, 2.05) is 0 Å². The van der Waals surface area contributed by atoms with Gasteiger partial charge in [-0.25, -0.2) is 0 Å². The molecule has 0 heterocycles. The van der Waals surface area contributed by atoms with Gasteiger partial charge in [0.2, 0.25) is 0 Å². The summed E-state index contributed by atoms with van der Waals surface area (Å²) in [6.45, 7) is 8.79. The first-order valence-electron chi connectivity index (χ1n) is 4.93. The number of hydrogen-bond donors (Lipinski definition) is 1. The number of anilines is 1. The van der Waals surface area contributed by atoms with E-state index in [0.717, 1.165) is 0 Å². The van der Waals surface area contributed by atoms with Crippen molar-refractivity contribution in [3.8, 4) is 0 Å². The minimum Gasteiger partial charge on any atom is -0.382 e. The average molecular weight is 177 g/mol. The van der Waals surface area contributed by atoms with Crippen molar-refractivity contribution in [2.45, 2.75) is 33.7 Å². The number of hydrogen-bond acceptors (Lipinski definition) is 1. The summed E-state index contributed by atoms with van der Waals surface area (Å²) in [6, 6.07) is 9.03. The molecule has 0 spiro atoms. The Labute approximate surface area is 81.2 Å². The van der Waals surface area contributed by atoms with Crippen LogP contribution in [0.1, 0.15) is 26.3 Å². The zero-order valence-electron chi connectivity index (χ0n) is 8.96. The van der Waals surface area contributed by atoms with E-state index in [9.17, 15) is 0 Å². The summed E-state index contributed by atoms with van der Waals surface area (Å²) in [5.74, 6) is 0.667. The smallest absolute Gasteiger partial charge is 0.0344 e. The van der Waals surface area contributed by atoms with Gasteiger partial charge >= 0.3 is 0 Å². The summed E-state index contributed by atoms with van der Waals surface area (Å²) >= 11 is 0. The van der Waals surface area contributed by atoms with E-state index in [1.54, 1.807) is 0 Å². The molecule has 1 aromatic carbocycles. The van der Waals surface area contributed by atoms with E-state index in [4.69, 9.17) is 0 Å². The van der Waals surface area contributed by atoms with Crippen molar-refractivity contribution in [1.82, 2.24) is 0 Å². The third kappa shape index (κ3) is 3.10. The van der Waals surface area contributed by atoms with Crippen LogP contribution in [0, 0.1) is 12.8 Å². The Balaban J connectivity index is 2.64. The molecule has 1 nitrogen and oxygen atoms in total. The molecule has 1 aromatic rings. The molecule has 1 N–H and O–H groups in total. The quantitative estimate of drug-likeness (QED) is 0.745. The maximum Gasteiger partial charge on any atom is 0.0344 e. The van der Waals surface area contributed by atoms with E-state index < -0.39 is 0 Å². The van der Waals surface area contributed by atoms with Crippen LogP contribution in [0.2, 0.25) is 0 Å². The molecule has 0 saturated heterocycles. The van der Waals surface area contributed by atoms with Crippen LogP contribution in [-0.2, 0) is 0 Å². The Hall–Kier alpha value is -0.980. The molecule has 0 saturated carbocycles. The molecule has 0 amide bonds. The lowest BCUT2D eigenvalue weighted by Gasteiger charge is -2.18. The topological polar surface area (TPSA) is 12.0 Å². The Morgan fingerprint density at radius 2 is 1.85 bits per heavy atom. The number of aryl methyl sites for hydroxylation is 1. The van der Waals surface area contributed by atoms with Crippen molar-refractivity contribution in [2.24, 2.45) is 5.92 Å². The molecule has 1 unspecified atom stereocenters. The lowest BCUT2D eigenvalue weighted by atomic mass is 10.1. The highest BCUT2D eigenvalue weighted by atomic mass is 14.9. The first-order valence-corrected chi connectivity index (χ1v) is 4.93. The number of benzene rings is 1. The molecule has 0 aliphatic carbocycles. The molecule has 0 fully saturated rings. The lowest BCUT2D eigenvalue weighted by molar-refractivity contribution is 0.560. The lowest BCUT2D eigenvalue weighted by Crippen LogP contribution is -2.21. The molecule has 0 aliphatic heterocycles. The van der Waals surface area contributed by atoms with E-state index >= 15 is 0 Å². The minimum absolute atomic E-state index is 0.529. The molecule has 0 aliphatic rings. The van der Waals surface area contributed by atoms with Gasteiger partial charge in [0, 0.05) is 11.7 Å². The highest BCUT2D eigenvalue weighted by Crippen LogP contribution is 2.13. The Morgan fingerprint density at radius 1 is 1.15 bits per heavy atom. The summed E-state index contributed by atoms with van der Waals surface area (Å²) < 4.78 is 0. The fourth-order valence-corrected chi connectivity index (χ4v) is 1.16. The summed E-state index contributed by atoms with van der Waals surface area (Å²) in [5.41, 5.74) is 2.53. The van der Waals surface area contributed by atoms with Crippen LogP contribution in [0.4, 0.5) is 5.69 Å². The SMILES string of the molecule is Cc1cccc(NC(C)C(C)C)c1. The van der Waals surface area contributed by atoms with Crippen LogP contribution >= 0.6 is 0 Å². The molecule has 0 aromatic heterocycles. The van der Waals surface area contributed by atoms with Crippen molar-refractivity contribution in [3.05, 3.63) is 29.8 Å². The number of rotatable bonds is 3. The van der Waals surface area contributed by atoms with Gasteiger partial charge in [0.25, 0.3) is 0 Å². The van der Waals surface area contributed by atoms with Gasteiger partial charge in [0.15, 0.2) is 0 Å². The highest BCUT2D eigenvalue weighted by Gasteiger charge is 2.05. The molecule has 72 valence electrons. The van der Waals surface area contributed by atoms with Gasteiger partial charge in [0.05, 0.1) is 0 Å². The molecule has 0 radical (unpaired) electrons. The summed E-state index contributed by atoms with van der Waals surface area (Å²) in [5, 5.41) is 3.48. The fraction of sp³-hybridized carbons (Fsp3) is 0.500. The summed E-state index contributed by atoms with van der Waals surface area (Å²) in [6.07, 6.45) is 0. The average Bonchev–Trinajstić information content (AvgIpc) is 2.04. The largest absolute Gasteiger partial charge is 0.382 e. The maximum absolute atomic E-state index is 3.48. The van der Waals surface area contributed by atoms with Crippen LogP contribution in [0.3, 0.4) is 0 Å². The van der Waals surface area contributed by atoms with Crippen LogP contribution in [0.25, 0.3) is 0 Å². The van der Waals surface area contributed by atoms with Crippen molar-refractivity contribution < 1.29 is 0 Å².